The van der Waals surface area contributed by atoms with E-state index < -0.39 is 15.9 Å². The number of carbonyl (C=O) groups excluding carboxylic acids is 1. The van der Waals surface area contributed by atoms with Gasteiger partial charge in [-0.2, -0.15) is 4.31 Å². The Kier molecular flexibility index (Phi) is 6.45. The number of benzene rings is 1. The Labute approximate surface area is 191 Å². The average Bonchev–Trinajstić information content (AvgIpc) is 3.08. The first-order valence-electron chi connectivity index (χ1n) is 10.5. The van der Waals surface area contributed by atoms with E-state index in [4.69, 9.17) is 4.74 Å². The largest absolute Gasteiger partial charge is 0.467 e. The van der Waals surface area contributed by atoms with Gasteiger partial charge in [0.25, 0.3) is 5.91 Å². The molecular formula is C22H26N4O4S2. The Hall–Kier alpha value is -2.56. The third-order valence-electron chi connectivity index (χ3n) is 5.71. The predicted octanol–water partition coefficient (Wildman–Crippen LogP) is 3.81. The zero-order chi connectivity index (χ0) is 22.9. The van der Waals surface area contributed by atoms with Crippen molar-refractivity contribution in [2.75, 3.05) is 25.0 Å². The first-order chi connectivity index (χ1) is 15.3. The van der Waals surface area contributed by atoms with Crippen molar-refractivity contribution >= 4 is 43.2 Å². The van der Waals surface area contributed by atoms with Gasteiger partial charge in [0.15, 0.2) is 6.61 Å². The first kappa shape index (κ1) is 22.6. The minimum atomic E-state index is -3.58. The summed E-state index contributed by atoms with van der Waals surface area (Å²) in [5.74, 6) is -0.0258. The fourth-order valence-corrected chi connectivity index (χ4v) is 6.26. The van der Waals surface area contributed by atoms with Crippen LogP contribution in [-0.4, -0.2) is 48.3 Å². The van der Waals surface area contributed by atoms with Gasteiger partial charge in [-0.05, 0) is 56.9 Å². The fourth-order valence-electron chi connectivity index (χ4n) is 3.73. The highest BCUT2D eigenvalue weighted by atomic mass is 32.2. The normalized spacial score (nSPS) is 15.1. The summed E-state index contributed by atoms with van der Waals surface area (Å²) >= 11 is 1.55. The maximum absolute atomic E-state index is 13.0. The molecular weight excluding hydrogens is 448 g/mol. The number of thiophene rings is 1. The summed E-state index contributed by atoms with van der Waals surface area (Å²) in [5, 5.41) is 3.59. The molecule has 0 unspecified atom stereocenters. The summed E-state index contributed by atoms with van der Waals surface area (Å²) < 4.78 is 33.2. The molecule has 1 N–H and O–H groups in total. The lowest BCUT2D eigenvalue weighted by atomic mass is 10.2. The topological polar surface area (TPSA) is 101 Å². The molecule has 170 valence electrons. The van der Waals surface area contributed by atoms with E-state index in [2.05, 4.69) is 15.3 Å². The number of fused-ring (bicyclic) bond motifs is 1. The molecule has 8 nitrogen and oxygen atoms in total. The minimum absolute atomic E-state index is 0.183. The Balaban J connectivity index is 1.49. The van der Waals surface area contributed by atoms with Crippen LogP contribution in [0.2, 0.25) is 0 Å². The van der Waals surface area contributed by atoms with E-state index in [1.807, 2.05) is 20.8 Å². The van der Waals surface area contributed by atoms with Crippen molar-refractivity contribution in [3.8, 4) is 5.88 Å². The maximum atomic E-state index is 13.0. The smallest absolute Gasteiger partial charge is 0.262 e. The van der Waals surface area contributed by atoms with Gasteiger partial charge in [-0.25, -0.2) is 18.4 Å². The summed E-state index contributed by atoms with van der Waals surface area (Å²) in [6, 6.07) is 4.82. The molecule has 0 saturated carbocycles. The summed E-state index contributed by atoms with van der Waals surface area (Å²) in [4.78, 5) is 23.2. The molecule has 2 aromatic heterocycles. The summed E-state index contributed by atoms with van der Waals surface area (Å²) in [6.07, 6.45) is 4.20. The average molecular weight is 475 g/mol. The van der Waals surface area contributed by atoms with Gasteiger partial charge in [0.05, 0.1) is 10.3 Å². The number of aryl methyl sites for hydroxylation is 3. The van der Waals surface area contributed by atoms with Gasteiger partial charge in [-0.3, -0.25) is 4.79 Å². The second kappa shape index (κ2) is 9.13. The van der Waals surface area contributed by atoms with E-state index in [1.54, 1.807) is 23.5 Å². The number of piperidine rings is 1. The van der Waals surface area contributed by atoms with Crippen molar-refractivity contribution in [1.82, 2.24) is 14.3 Å². The van der Waals surface area contributed by atoms with Crippen LogP contribution in [0.3, 0.4) is 0 Å². The van der Waals surface area contributed by atoms with Gasteiger partial charge in [-0.1, -0.05) is 12.5 Å². The standard InChI is InChI=1S/C22H26N4O4S2/c1-14-7-8-17(32(28,29)26-9-5-4-6-10-26)11-18(14)25-19(27)12-30-21-20-15(2)16(3)31-22(20)24-13-23-21/h7-8,11,13H,4-6,9-10,12H2,1-3H3,(H,25,27). The van der Waals surface area contributed by atoms with Crippen molar-refractivity contribution in [3.05, 3.63) is 40.5 Å². The van der Waals surface area contributed by atoms with Crippen LogP contribution in [0, 0.1) is 20.8 Å². The van der Waals surface area contributed by atoms with Crippen LogP contribution in [0.15, 0.2) is 29.4 Å². The van der Waals surface area contributed by atoms with Crippen LogP contribution >= 0.6 is 11.3 Å². The number of amides is 1. The van der Waals surface area contributed by atoms with Gasteiger partial charge in [0.1, 0.15) is 11.2 Å². The molecule has 1 aliphatic heterocycles. The van der Waals surface area contributed by atoms with E-state index in [9.17, 15) is 13.2 Å². The van der Waals surface area contributed by atoms with Crippen LogP contribution in [0.4, 0.5) is 5.69 Å². The molecule has 4 rings (SSSR count). The maximum Gasteiger partial charge on any atom is 0.262 e. The zero-order valence-electron chi connectivity index (χ0n) is 18.3. The highest BCUT2D eigenvalue weighted by molar-refractivity contribution is 7.89. The first-order valence-corrected chi connectivity index (χ1v) is 12.8. The van der Waals surface area contributed by atoms with Crippen molar-refractivity contribution in [2.45, 2.75) is 44.9 Å². The monoisotopic (exact) mass is 474 g/mol. The highest BCUT2D eigenvalue weighted by Crippen LogP contribution is 2.33. The zero-order valence-corrected chi connectivity index (χ0v) is 20.0. The van der Waals surface area contributed by atoms with Gasteiger partial charge >= 0.3 is 0 Å². The number of ether oxygens (including phenoxy) is 1. The molecule has 1 aromatic carbocycles. The van der Waals surface area contributed by atoms with Crippen molar-refractivity contribution in [3.63, 3.8) is 0 Å². The number of sulfonamides is 1. The lowest BCUT2D eigenvalue weighted by Crippen LogP contribution is -2.35. The molecule has 3 heterocycles. The summed E-state index contributed by atoms with van der Waals surface area (Å²) in [5.41, 5.74) is 2.25. The molecule has 1 aliphatic rings. The van der Waals surface area contributed by atoms with Crippen molar-refractivity contribution < 1.29 is 17.9 Å². The molecule has 0 bridgehead atoms. The van der Waals surface area contributed by atoms with E-state index in [0.717, 1.165) is 45.5 Å². The van der Waals surface area contributed by atoms with Crippen LogP contribution in [0.5, 0.6) is 5.88 Å². The molecule has 0 spiro atoms. The Bertz CT molecular complexity index is 1260. The number of anilines is 1. The van der Waals surface area contributed by atoms with E-state index in [0.29, 0.717) is 24.7 Å². The number of hydrogen-bond acceptors (Lipinski definition) is 7. The van der Waals surface area contributed by atoms with E-state index >= 15 is 0 Å². The molecule has 0 aliphatic carbocycles. The van der Waals surface area contributed by atoms with Crippen LogP contribution in [-0.2, 0) is 14.8 Å². The van der Waals surface area contributed by atoms with Crippen molar-refractivity contribution in [2.24, 2.45) is 0 Å². The number of nitrogens with zero attached hydrogens (tertiary/aromatic N) is 3. The second-order valence-electron chi connectivity index (χ2n) is 7.92. The van der Waals surface area contributed by atoms with E-state index in [-0.39, 0.29) is 11.5 Å². The predicted molar refractivity (Wildman–Crippen MR) is 125 cm³/mol. The third kappa shape index (κ3) is 4.48. The molecule has 1 amide bonds. The molecule has 0 radical (unpaired) electrons. The van der Waals surface area contributed by atoms with Gasteiger partial charge in [0, 0.05) is 23.7 Å². The Morgan fingerprint density at radius 2 is 1.91 bits per heavy atom. The SMILES string of the molecule is Cc1ccc(S(=O)(=O)N2CCCCC2)cc1NC(=O)COc1ncnc2sc(C)c(C)c12. The molecule has 0 atom stereocenters. The number of hydrogen-bond donors (Lipinski definition) is 1. The van der Waals surface area contributed by atoms with Gasteiger partial charge < -0.3 is 10.1 Å². The number of nitrogens with one attached hydrogen (secondary N) is 1. The Morgan fingerprint density at radius 1 is 1.16 bits per heavy atom. The highest BCUT2D eigenvalue weighted by Gasteiger charge is 2.26. The minimum Gasteiger partial charge on any atom is -0.467 e. The van der Waals surface area contributed by atoms with Crippen molar-refractivity contribution in [1.29, 1.82) is 0 Å². The summed E-state index contributed by atoms with van der Waals surface area (Å²) in [6.45, 7) is 6.61. The lowest BCUT2D eigenvalue weighted by Gasteiger charge is -2.26. The number of aromatic nitrogens is 2. The van der Waals surface area contributed by atoms with Crippen LogP contribution < -0.4 is 10.1 Å². The van der Waals surface area contributed by atoms with Gasteiger partial charge in [-0.15, -0.1) is 11.3 Å². The molecule has 1 saturated heterocycles. The number of carbonyl (C=O) groups is 1. The quantitative estimate of drug-likeness (QED) is 0.583. The third-order valence-corrected chi connectivity index (χ3v) is 8.72. The molecule has 3 aromatic rings. The fraction of sp³-hybridized carbons (Fsp3) is 0.409. The Morgan fingerprint density at radius 3 is 2.66 bits per heavy atom. The summed E-state index contributed by atoms with van der Waals surface area (Å²) in [7, 11) is -3.58. The second-order valence-corrected chi connectivity index (χ2v) is 11.1. The van der Waals surface area contributed by atoms with E-state index in [1.165, 1.54) is 16.7 Å². The van der Waals surface area contributed by atoms with Gasteiger partial charge in [0.2, 0.25) is 15.9 Å². The molecule has 32 heavy (non-hydrogen) atoms. The molecule has 10 heteroatoms. The molecule has 1 fully saturated rings. The van der Waals surface area contributed by atoms with Crippen LogP contribution in [0.1, 0.15) is 35.3 Å². The number of rotatable bonds is 6. The lowest BCUT2D eigenvalue weighted by molar-refractivity contribution is -0.118. The van der Waals surface area contributed by atoms with Crippen LogP contribution in [0.25, 0.3) is 10.2 Å².